The fourth-order valence-corrected chi connectivity index (χ4v) is 8.58. The minimum Gasteiger partial charge on any atom is -0.465 e. The van der Waals surface area contributed by atoms with E-state index >= 15 is 0 Å². The molecule has 10 nitrogen and oxygen atoms in total. The van der Waals surface area contributed by atoms with Crippen molar-refractivity contribution in [1.82, 2.24) is 29.7 Å². The van der Waals surface area contributed by atoms with Crippen molar-refractivity contribution in [3.8, 4) is 22.3 Å². The summed E-state index contributed by atoms with van der Waals surface area (Å²) in [6, 6.07) is 20.4. The second kappa shape index (κ2) is 11.1. The number of carboxylic acid groups (broad SMARTS) is 2. The summed E-state index contributed by atoms with van der Waals surface area (Å²) >= 11 is 0. The normalized spacial score (nSPS) is 21.9. The number of fused-ring (bicyclic) bond motifs is 2. The van der Waals surface area contributed by atoms with E-state index < -0.39 is 23.1 Å². The standard InChI is InChI=1S/C38H44N6O4/c1-36(2,3)31-17-19-44(35(47)48)38(31,37(4,5)6)33-41-27-16-14-25(21-29(27)42-33)23-11-9-22(10-12-23)24-13-15-26-28(20-24)40-32(39-26)30-8-7-18-43(30)34(45)46/h9-16,20-21,30-31H,7-8,17-19H2,1-6H3,(H,39,40)(H,41,42)(H,45,46)(H,47,48)/t30-,31?,38+/m0/s1. The third-order valence-electron chi connectivity index (χ3n) is 10.7. The number of benzene rings is 3. The van der Waals surface area contributed by atoms with Gasteiger partial charge in [-0.15, -0.1) is 0 Å². The van der Waals surface area contributed by atoms with Crippen LogP contribution in [-0.2, 0) is 5.54 Å². The minimum atomic E-state index is -0.913. The number of imidazole rings is 2. The number of nitrogens with one attached hydrogen (secondary N) is 2. The molecule has 3 atom stereocenters. The van der Waals surface area contributed by atoms with Gasteiger partial charge in [-0.3, -0.25) is 9.80 Å². The smallest absolute Gasteiger partial charge is 0.408 e. The first-order chi connectivity index (χ1) is 22.7. The molecule has 2 aliphatic rings. The van der Waals surface area contributed by atoms with Crippen molar-refractivity contribution in [3.05, 3.63) is 72.3 Å². The van der Waals surface area contributed by atoms with Crippen LogP contribution in [0.3, 0.4) is 0 Å². The lowest BCUT2D eigenvalue weighted by Gasteiger charge is -2.52. The van der Waals surface area contributed by atoms with Crippen molar-refractivity contribution in [3.63, 3.8) is 0 Å². The zero-order valence-corrected chi connectivity index (χ0v) is 28.5. The number of hydrogen-bond donors (Lipinski definition) is 4. The van der Waals surface area contributed by atoms with Crippen molar-refractivity contribution >= 4 is 34.3 Å². The van der Waals surface area contributed by atoms with Gasteiger partial charge in [0, 0.05) is 13.1 Å². The van der Waals surface area contributed by atoms with E-state index in [1.165, 1.54) is 4.90 Å². The Hall–Kier alpha value is -4.86. The second-order valence-electron chi connectivity index (χ2n) is 15.5. The number of nitrogens with zero attached hydrogens (tertiary/aromatic N) is 4. The molecule has 2 fully saturated rings. The van der Waals surface area contributed by atoms with Crippen molar-refractivity contribution in [1.29, 1.82) is 0 Å². The molecule has 0 bridgehead atoms. The highest BCUT2D eigenvalue weighted by Crippen LogP contribution is 2.59. The van der Waals surface area contributed by atoms with Crippen LogP contribution in [-0.4, -0.2) is 65.2 Å². The molecule has 2 aromatic heterocycles. The van der Waals surface area contributed by atoms with Crippen LogP contribution in [0.15, 0.2) is 60.7 Å². The third kappa shape index (κ3) is 5.00. The molecular formula is C38H44N6O4. The van der Waals surface area contributed by atoms with Gasteiger partial charge in [0.05, 0.1) is 28.1 Å². The first-order valence-electron chi connectivity index (χ1n) is 16.8. The van der Waals surface area contributed by atoms with E-state index in [9.17, 15) is 19.8 Å². The van der Waals surface area contributed by atoms with Gasteiger partial charge in [-0.2, -0.15) is 0 Å². The highest BCUT2D eigenvalue weighted by Gasteiger charge is 2.63. The van der Waals surface area contributed by atoms with E-state index in [1.54, 1.807) is 4.90 Å². The molecule has 0 spiro atoms. The molecule has 2 saturated heterocycles. The van der Waals surface area contributed by atoms with Gasteiger partial charge in [-0.1, -0.05) is 77.9 Å². The van der Waals surface area contributed by atoms with Crippen LogP contribution < -0.4 is 0 Å². The highest BCUT2D eigenvalue weighted by molar-refractivity contribution is 5.85. The lowest BCUT2D eigenvalue weighted by atomic mass is 9.59. The monoisotopic (exact) mass is 648 g/mol. The first-order valence-corrected chi connectivity index (χ1v) is 16.8. The Morgan fingerprint density at radius 1 is 0.750 bits per heavy atom. The lowest BCUT2D eigenvalue weighted by molar-refractivity contribution is -0.0402. The third-order valence-corrected chi connectivity index (χ3v) is 10.7. The number of aromatic amines is 2. The number of carbonyl (C=O) groups is 2. The van der Waals surface area contributed by atoms with E-state index in [4.69, 9.17) is 9.97 Å². The van der Waals surface area contributed by atoms with E-state index in [0.717, 1.165) is 63.6 Å². The molecule has 0 saturated carbocycles. The number of aromatic nitrogens is 4. The van der Waals surface area contributed by atoms with Crippen LogP contribution in [0.5, 0.6) is 0 Å². The topological polar surface area (TPSA) is 138 Å². The summed E-state index contributed by atoms with van der Waals surface area (Å²) < 4.78 is 0. The molecule has 0 aliphatic carbocycles. The van der Waals surface area contributed by atoms with Gasteiger partial charge in [-0.25, -0.2) is 19.6 Å². The summed E-state index contributed by atoms with van der Waals surface area (Å²) in [5.74, 6) is 1.47. The van der Waals surface area contributed by atoms with Crippen LogP contribution >= 0.6 is 0 Å². The number of H-pyrrole nitrogens is 2. The zero-order valence-electron chi connectivity index (χ0n) is 28.5. The van der Waals surface area contributed by atoms with Gasteiger partial charge in [-0.05, 0) is 82.5 Å². The van der Waals surface area contributed by atoms with Gasteiger partial charge in [0.2, 0.25) is 0 Å². The Bertz CT molecular complexity index is 2030. The van der Waals surface area contributed by atoms with Crippen LogP contribution in [0.4, 0.5) is 9.59 Å². The Morgan fingerprint density at radius 2 is 1.31 bits per heavy atom. The largest absolute Gasteiger partial charge is 0.465 e. The van der Waals surface area contributed by atoms with Gasteiger partial charge in [0.15, 0.2) is 0 Å². The number of rotatable bonds is 4. The van der Waals surface area contributed by atoms with Crippen molar-refractivity contribution < 1.29 is 19.8 Å². The maximum atomic E-state index is 12.7. The van der Waals surface area contributed by atoms with Crippen molar-refractivity contribution in [2.75, 3.05) is 13.1 Å². The van der Waals surface area contributed by atoms with Crippen LogP contribution in [0.25, 0.3) is 44.3 Å². The van der Waals surface area contributed by atoms with Gasteiger partial charge in [0.1, 0.15) is 17.2 Å². The molecule has 10 heteroatoms. The Kier molecular flexibility index (Phi) is 7.34. The maximum Gasteiger partial charge on any atom is 0.408 e. The van der Waals surface area contributed by atoms with Gasteiger partial charge >= 0.3 is 12.2 Å². The first kappa shape index (κ1) is 31.7. The molecule has 2 amide bonds. The molecular weight excluding hydrogens is 604 g/mol. The average Bonchev–Trinajstić information content (AvgIpc) is 3.83. The van der Waals surface area contributed by atoms with Gasteiger partial charge in [0.25, 0.3) is 0 Å². The fourth-order valence-electron chi connectivity index (χ4n) is 8.58. The maximum absolute atomic E-state index is 12.7. The molecule has 4 heterocycles. The zero-order chi connectivity index (χ0) is 34.2. The molecule has 1 unspecified atom stereocenters. The molecule has 2 aliphatic heterocycles. The molecule has 48 heavy (non-hydrogen) atoms. The summed E-state index contributed by atoms with van der Waals surface area (Å²) in [6.45, 7) is 14.0. The van der Waals surface area contributed by atoms with Crippen molar-refractivity contribution in [2.24, 2.45) is 16.7 Å². The molecule has 4 N–H and O–H groups in total. The molecule has 5 aromatic rings. The quantitative estimate of drug-likeness (QED) is 0.154. The van der Waals surface area contributed by atoms with E-state index in [2.05, 4.69) is 94.0 Å². The van der Waals surface area contributed by atoms with E-state index in [1.807, 2.05) is 18.2 Å². The highest BCUT2D eigenvalue weighted by atomic mass is 16.4. The Balaban J connectivity index is 1.20. The molecule has 3 aromatic carbocycles. The van der Waals surface area contributed by atoms with Crippen LogP contribution in [0.2, 0.25) is 0 Å². The van der Waals surface area contributed by atoms with Crippen molar-refractivity contribution in [2.45, 2.75) is 72.4 Å². The van der Waals surface area contributed by atoms with Crippen LogP contribution in [0.1, 0.15) is 78.5 Å². The summed E-state index contributed by atoms with van der Waals surface area (Å²) in [5, 5.41) is 20.0. The number of hydrogen-bond acceptors (Lipinski definition) is 4. The average molecular weight is 649 g/mol. The van der Waals surface area contributed by atoms with E-state index in [-0.39, 0.29) is 17.4 Å². The van der Waals surface area contributed by atoms with Gasteiger partial charge < -0.3 is 20.2 Å². The SMILES string of the molecule is CC(C)(C)C1CCN(C(=O)O)[C@]1(c1nc2cc(-c3ccc(-c4ccc5[nH]c([C@@H]6CCCN6C(=O)O)nc5c4)cc3)ccc2[nH]1)C(C)(C)C. The number of likely N-dealkylation sites (tertiary alicyclic amines) is 2. The Morgan fingerprint density at radius 3 is 1.85 bits per heavy atom. The van der Waals surface area contributed by atoms with E-state index in [0.29, 0.717) is 24.7 Å². The van der Waals surface area contributed by atoms with Crippen LogP contribution in [0, 0.1) is 16.7 Å². The lowest BCUT2D eigenvalue weighted by Crippen LogP contribution is -2.58. The molecule has 7 rings (SSSR count). The Labute approximate surface area is 280 Å². The number of amides is 2. The minimum absolute atomic E-state index is 0.0723. The summed E-state index contributed by atoms with van der Waals surface area (Å²) in [6.07, 6.45) is 0.551. The predicted octanol–water partition coefficient (Wildman–Crippen LogP) is 8.88. The molecule has 0 radical (unpaired) electrons. The second-order valence-corrected chi connectivity index (χ2v) is 15.5. The summed E-state index contributed by atoms with van der Waals surface area (Å²) in [4.78, 5) is 44.3. The fraction of sp³-hybridized carbons (Fsp3) is 0.421. The summed E-state index contributed by atoms with van der Waals surface area (Å²) in [5.41, 5.74) is 6.19. The summed E-state index contributed by atoms with van der Waals surface area (Å²) in [7, 11) is 0. The predicted molar refractivity (Wildman–Crippen MR) is 187 cm³/mol. The molecule has 250 valence electrons.